The summed E-state index contributed by atoms with van der Waals surface area (Å²) < 4.78 is 10.4. The molecule has 0 heterocycles. The number of benzene rings is 1. The molecule has 0 fully saturated rings. The summed E-state index contributed by atoms with van der Waals surface area (Å²) in [5.74, 6) is 0. The monoisotopic (exact) mass is 378 g/mol. The molecule has 0 aromatic heterocycles. The van der Waals surface area contributed by atoms with Crippen molar-refractivity contribution in [1.29, 1.82) is 0 Å². The third kappa shape index (κ3) is 11.2. The Hall–Kier alpha value is -2.24. The van der Waals surface area contributed by atoms with E-state index in [0.29, 0.717) is 13.2 Å². The van der Waals surface area contributed by atoms with Crippen LogP contribution in [-0.4, -0.2) is 25.4 Å². The maximum absolute atomic E-state index is 12.0. The van der Waals surface area contributed by atoms with Gasteiger partial charge in [0, 0.05) is 0 Å². The van der Waals surface area contributed by atoms with Crippen LogP contribution in [0, 0.1) is 0 Å². The Labute approximate surface area is 163 Å². The van der Waals surface area contributed by atoms with Crippen molar-refractivity contribution < 1.29 is 19.1 Å². The summed E-state index contributed by atoms with van der Waals surface area (Å²) >= 11 is 0. The Morgan fingerprint density at radius 1 is 0.778 bits per heavy atom. The fourth-order valence-electron chi connectivity index (χ4n) is 2.55. The molecule has 27 heavy (non-hydrogen) atoms. The van der Waals surface area contributed by atoms with Crippen LogP contribution in [0.25, 0.3) is 0 Å². The molecular formula is C21H34N2O4. The lowest BCUT2D eigenvalue weighted by Gasteiger charge is -2.20. The highest BCUT2D eigenvalue weighted by Gasteiger charge is 2.18. The van der Waals surface area contributed by atoms with E-state index in [2.05, 4.69) is 24.5 Å². The highest BCUT2D eigenvalue weighted by molar-refractivity contribution is 5.71. The van der Waals surface area contributed by atoms with Crippen LogP contribution in [0.2, 0.25) is 0 Å². The predicted octanol–water partition coefficient (Wildman–Crippen LogP) is 5.30. The summed E-state index contributed by atoms with van der Waals surface area (Å²) in [6.45, 7) is 5.00. The van der Waals surface area contributed by atoms with Crippen LogP contribution in [0.15, 0.2) is 30.3 Å². The van der Waals surface area contributed by atoms with Gasteiger partial charge in [0.05, 0.1) is 13.2 Å². The summed E-state index contributed by atoms with van der Waals surface area (Å²) in [5, 5.41) is 5.39. The molecule has 0 bridgehead atoms. The highest BCUT2D eigenvalue weighted by atomic mass is 16.6. The molecule has 0 spiro atoms. The van der Waals surface area contributed by atoms with E-state index in [1.54, 1.807) is 0 Å². The number of hydrogen-bond donors (Lipinski definition) is 2. The van der Waals surface area contributed by atoms with E-state index in [9.17, 15) is 9.59 Å². The first kappa shape index (κ1) is 22.8. The summed E-state index contributed by atoms with van der Waals surface area (Å²) in [6, 6.07) is 9.22. The van der Waals surface area contributed by atoms with Gasteiger partial charge in [0.1, 0.15) is 6.17 Å². The van der Waals surface area contributed by atoms with E-state index in [4.69, 9.17) is 9.47 Å². The van der Waals surface area contributed by atoms with Gasteiger partial charge in [-0.3, -0.25) is 10.6 Å². The highest BCUT2D eigenvalue weighted by Crippen LogP contribution is 2.10. The number of carbonyl (C=O) groups excluding carboxylic acids is 2. The smallest absolute Gasteiger partial charge is 0.409 e. The maximum atomic E-state index is 12.0. The Morgan fingerprint density at radius 3 is 1.70 bits per heavy atom. The zero-order chi connectivity index (χ0) is 19.7. The zero-order valence-corrected chi connectivity index (χ0v) is 16.7. The van der Waals surface area contributed by atoms with Gasteiger partial charge in [-0.1, -0.05) is 82.7 Å². The molecule has 0 saturated carbocycles. The lowest BCUT2D eigenvalue weighted by Crippen LogP contribution is -2.41. The average molecular weight is 379 g/mol. The summed E-state index contributed by atoms with van der Waals surface area (Å²) in [7, 11) is 0. The van der Waals surface area contributed by atoms with Crippen molar-refractivity contribution >= 4 is 12.2 Å². The van der Waals surface area contributed by atoms with Gasteiger partial charge in [-0.2, -0.15) is 0 Å². The molecular weight excluding hydrogens is 344 g/mol. The molecule has 0 atom stereocenters. The largest absolute Gasteiger partial charge is 0.450 e. The van der Waals surface area contributed by atoms with E-state index in [0.717, 1.165) is 56.9 Å². The molecule has 0 aliphatic rings. The molecule has 6 heteroatoms. The quantitative estimate of drug-likeness (QED) is 0.361. The van der Waals surface area contributed by atoms with Crippen molar-refractivity contribution in [3.63, 3.8) is 0 Å². The number of nitrogens with one attached hydrogen (secondary N) is 2. The summed E-state index contributed by atoms with van der Waals surface area (Å²) in [5.41, 5.74) is 0.753. The molecule has 0 aliphatic carbocycles. The number of rotatable bonds is 13. The third-order valence-electron chi connectivity index (χ3n) is 4.12. The number of unbranched alkanes of at least 4 members (excludes halogenated alkanes) is 6. The number of carbonyl (C=O) groups is 2. The Morgan fingerprint density at radius 2 is 1.26 bits per heavy atom. The molecule has 2 N–H and O–H groups in total. The normalized spacial score (nSPS) is 10.5. The number of amides is 2. The van der Waals surface area contributed by atoms with Gasteiger partial charge in [-0.05, 0) is 18.4 Å². The van der Waals surface area contributed by atoms with Crippen LogP contribution in [0.3, 0.4) is 0 Å². The minimum atomic E-state index is -0.697. The SMILES string of the molecule is CCCCCCOC(=O)NC(NC(=O)OCCCCCC)c1ccccc1. The lowest BCUT2D eigenvalue weighted by atomic mass is 10.2. The van der Waals surface area contributed by atoms with E-state index in [1.807, 2.05) is 30.3 Å². The van der Waals surface area contributed by atoms with Gasteiger partial charge in [0.2, 0.25) is 0 Å². The number of alkyl carbamates (subject to hydrolysis) is 2. The maximum Gasteiger partial charge on any atom is 0.409 e. The van der Waals surface area contributed by atoms with Crippen molar-refractivity contribution in [1.82, 2.24) is 10.6 Å². The van der Waals surface area contributed by atoms with Gasteiger partial charge in [-0.15, -0.1) is 0 Å². The second kappa shape index (κ2) is 14.9. The zero-order valence-electron chi connectivity index (χ0n) is 16.7. The van der Waals surface area contributed by atoms with Crippen LogP contribution >= 0.6 is 0 Å². The first-order chi connectivity index (χ1) is 13.2. The molecule has 0 radical (unpaired) electrons. The molecule has 2 amide bonds. The Bertz CT molecular complexity index is 494. The van der Waals surface area contributed by atoms with Crippen LogP contribution < -0.4 is 10.6 Å². The second-order valence-corrected chi connectivity index (χ2v) is 6.53. The van der Waals surface area contributed by atoms with Crippen molar-refractivity contribution in [2.45, 2.75) is 71.4 Å². The molecule has 152 valence electrons. The van der Waals surface area contributed by atoms with E-state index in [1.165, 1.54) is 0 Å². The van der Waals surface area contributed by atoms with Gasteiger partial charge < -0.3 is 9.47 Å². The van der Waals surface area contributed by atoms with Gasteiger partial charge in [0.15, 0.2) is 0 Å². The first-order valence-corrected chi connectivity index (χ1v) is 10.1. The van der Waals surface area contributed by atoms with Crippen LogP contribution in [-0.2, 0) is 9.47 Å². The number of ether oxygens (including phenoxy) is 2. The van der Waals surface area contributed by atoms with Crippen LogP contribution in [0.4, 0.5) is 9.59 Å². The molecule has 0 aliphatic heterocycles. The summed E-state index contributed by atoms with van der Waals surface area (Å²) in [4.78, 5) is 24.1. The van der Waals surface area contributed by atoms with Crippen molar-refractivity contribution in [3.8, 4) is 0 Å². The molecule has 0 unspecified atom stereocenters. The minimum Gasteiger partial charge on any atom is -0.450 e. The van der Waals surface area contributed by atoms with Crippen LogP contribution in [0.1, 0.15) is 76.9 Å². The van der Waals surface area contributed by atoms with E-state index < -0.39 is 18.4 Å². The number of hydrogen-bond acceptors (Lipinski definition) is 4. The van der Waals surface area contributed by atoms with E-state index >= 15 is 0 Å². The standard InChI is InChI=1S/C21H34N2O4/c1-3-5-7-12-16-26-20(24)22-19(18-14-10-9-11-15-18)23-21(25)27-17-13-8-6-4-2/h9-11,14-15,19H,3-8,12-13,16-17H2,1-2H3,(H,22,24)(H,23,25). The summed E-state index contributed by atoms with van der Waals surface area (Å²) in [6.07, 6.45) is 6.47. The molecule has 1 rings (SSSR count). The van der Waals surface area contributed by atoms with Gasteiger partial charge >= 0.3 is 12.2 Å². The molecule has 6 nitrogen and oxygen atoms in total. The van der Waals surface area contributed by atoms with Crippen molar-refractivity contribution in [3.05, 3.63) is 35.9 Å². The third-order valence-corrected chi connectivity index (χ3v) is 4.12. The fraction of sp³-hybridized carbons (Fsp3) is 0.619. The van der Waals surface area contributed by atoms with Crippen molar-refractivity contribution in [2.75, 3.05) is 13.2 Å². The topological polar surface area (TPSA) is 76.7 Å². The molecule has 1 aromatic carbocycles. The molecule has 0 saturated heterocycles. The minimum absolute atomic E-state index is 0.370. The lowest BCUT2D eigenvalue weighted by molar-refractivity contribution is 0.127. The predicted molar refractivity (Wildman–Crippen MR) is 106 cm³/mol. The Balaban J connectivity index is 2.46. The Kier molecular flexibility index (Phi) is 12.6. The fourth-order valence-corrected chi connectivity index (χ4v) is 2.55. The second-order valence-electron chi connectivity index (χ2n) is 6.53. The van der Waals surface area contributed by atoms with E-state index in [-0.39, 0.29) is 0 Å². The first-order valence-electron chi connectivity index (χ1n) is 10.1. The average Bonchev–Trinajstić information content (AvgIpc) is 2.68. The van der Waals surface area contributed by atoms with Gasteiger partial charge in [-0.25, -0.2) is 9.59 Å². The van der Waals surface area contributed by atoms with Gasteiger partial charge in [0.25, 0.3) is 0 Å². The van der Waals surface area contributed by atoms with Crippen LogP contribution in [0.5, 0.6) is 0 Å². The van der Waals surface area contributed by atoms with Crippen molar-refractivity contribution in [2.24, 2.45) is 0 Å². The molecule has 1 aromatic rings.